The lowest BCUT2D eigenvalue weighted by Crippen LogP contribution is -2.39. The maximum Gasteiger partial charge on any atom is 0.221 e. The summed E-state index contributed by atoms with van der Waals surface area (Å²) >= 11 is 0. The third kappa shape index (κ3) is 2.71. The molecule has 1 aliphatic rings. The van der Waals surface area contributed by atoms with Crippen LogP contribution in [0, 0.1) is 5.82 Å². The van der Waals surface area contributed by atoms with Gasteiger partial charge < -0.3 is 4.74 Å². The predicted octanol–water partition coefficient (Wildman–Crippen LogP) is 5.26. The minimum atomic E-state index is -0.515. The molecule has 0 amide bonds. The minimum Gasteiger partial charge on any atom is -0.466 e. The molecule has 0 N–H and O–H groups in total. The number of rotatable bonds is 3. The molecule has 1 aliphatic heterocycles. The average molecular weight is 348 g/mol. The van der Waals surface area contributed by atoms with E-state index in [4.69, 9.17) is 4.74 Å². The van der Waals surface area contributed by atoms with Gasteiger partial charge in [-0.3, -0.25) is 0 Å². The van der Waals surface area contributed by atoms with Crippen molar-refractivity contribution in [3.05, 3.63) is 89.9 Å². The molecule has 2 heterocycles. The number of hydrogen-bond donors (Lipinski definition) is 0. The van der Waals surface area contributed by atoms with Gasteiger partial charge in [0, 0.05) is 17.9 Å². The molecule has 1 aromatic heterocycles. The first-order valence-corrected chi connectivity index (χ1v) is 8.72. The standard InChI is InChI=1S/C22H21FN2O/c1-15(2)22(3)13-19(16-9-11-17(23)12-10-16)20-14-24-25(21(20)26-22)18-7-5-4-6-8-18/h4-12,14,19H,1,13H2,2-3H3/t19-,22+/m1/s1. The molecule has 3 nitrogen and oxygen atoms in total. The Balaban J connectivity index is 1.87. The van der Waals surface area contributed by atoms with Crippen molar-refractivity contribution < 1.29 is 9.13 Å². The largest absolute Gasteiger partial charge is 0.466 e. The van der Waals surface area contributed by atoms with Crippen LogP contribution in [0.4, 0.5) is 4.39 Å². The number of aromatic nitrogens is 2. The van der Waals surface area contributed by atoms with Crippen LogP contribution in [-0.4, -0.2) is 15.4 Å². The average Bonchev–Trinajstić information content (AvgIpc) is 3.06. The molecule has 26 heavy (non-hydrogen) atoms. The SMILES string of the molecule is C=C(C)[C@]1(C)C[C@H](c2ccc(F)cc2)c2cnn(-c3ccccc3)c2O1. The highest BCUT2D eigenvalue weighted by Gasteiger charge is 2.41. The summed E-state index contributed by atoms with van der Waals surface area (Å²) in [7, 11) is 0. The Morgan fingerprint density at radius 1 is 1.19 bits per heavy atom. The van der Waals surface area contributed by atoms with Crippen molar-refractivity contribution in [1.82, 2.24) is 9.78 Å². The quantitative estimate of drug-likeness (QED) is 0.604. The number of hydrogen-bond acceptors (Lipinski definition) is 2. The van der Waals surface area contributed by atoms with Gasteiger partial charge in [0.1, 0.15) is 11.4 Å². The number of halogens is 1. The fourth-order valence-corrected chi connectivity index (χ4v) is 3.45. The van der Waals surface area contributed by atoms with Crippen molar-refractivity contribution in [2.75, 3.05) is 0 Å². The van der Waals surface area contributed by atoms with Crippen LogP contribution in [0.2, 0.25) is 0 Å². The van der Waals surface area contributed by atoms with E-state index in [1.165, 1.54) is 12.1 Å². The number of benzene rings is 2. The van der Waals surface area contributed by atoms with Crippen LogP contribution < -0.4 is 4.74 Å². The highest BCUT2D eigenvalue weighted by atomic mass is 19.1. The second kappa shape index (κ2) is 6.13. The molecule has 2 aromatic carbocycles. The van der Waals surface area contributed by atoms with Gasteiger partial charge in [-0.05, 0) is 49.2 Å². The van der Waals surface area contributed by atoms with E-state index in [-0.39, 0.29) is 11.7 Å². The number of para-hydroxylation sites is 1. The Bertz CT molecular complexity index is 946. The summed E-state index contributed by atoms with van der Waals surface area (Å²) in [5.41, 5.74) is 3.45. The van der Waals surface area contributed by atoms with Crippen LogP contribution in [0.3, 0.4) is 0 Å². The molecule has 0 spiro atoms. The van der Waals surface area contributed by atoms with Crippen LogP contribution in [-0.2, 0) is 0 Å². The Hall–Kier alpha value is -2.88. The fraction of sp³-hybridized carbons (Fsp3) is 0.227. The Kier molecular flexibility index (Phi) is 3.91. The first kappa shape index (κ1) is 16.6. The highest BCUT2D eigenvalue weighted by molar-refractivity contribution is 5.46. The van der Waals surface area contributed by atoms with E-state index >= 15 is 0 Å². The second-order valence-electron chi connectivity index (χ2n) is 7.07. The van der Waals surface area contributed by atoms with Gasteiger partial charge in [-0.2, -0.15) is 5.10 Å². The second-order valence-corrected chi connectivity index (χ2v) is 7.07. The molecule has 0 unspecified atom stereocenters. The third-order valence-electron chi connectivity index (χ3n) is 5.22. The van der Waals surface area contributed by atoms with E-state index in [1.807, 2.05) is 60.3 Å². The zero-order chi connectivity index (χ0) is 18.3. The first-order chi connectivity index (χ1) is 12.5. The molecule has 0 bridgehead atoms. The molecule has 132 valence electrons. The van der Waals surface area contributed by atoms with Crippen molar-refractivity contribution in [2.24, 2.45) is 0 Å². The van der Waals surface area contributed by atoms with Crippen molar-refractivity contribution in [1.29, 1.82) is 0 Å². The van der Waals surface area contributed by atoms with E-state index in [9.17, 15) is 4.39 Å². The minimum absolute atomic E-state index is 0.0681. The monoisotopic (exact) mass is 348 g/mol. The summed E-state index contributed by atoms with van der Waals surface area (Å²) in [6.45, 7) is 8.17. The van der Waals surface area contributed by atoms with E-state index in [1.54, 1.807) is 0 Å². The Morgan fingerprint density at radius 3 is 2.54 bits per heavy atom. The van der Waals surface area contributed by atoms with Crippen molar-refractivity contribution in [3.63, 3.8) is 0 Å². The zero-order valence-electron chi connectivity index (χ0n) is 14.9. The normalized spacial score (nSPS) is 21.7. The topological polar surface area (TPSA) is 27.1 Å². The van der Waals surface area contributed by atoms with Crippen LogP contribution >= 0.6 is 0 Å². The van der Waals surface area contributed by atoms with Gasteiger partial charge in [0.2, 0.25) is 5.88 Å². The first-order valence-electron chi connectivity index (χ1n) is 8.72. The van der Waals surface area contributed by atoms with Gasteiger partial charge in [-0.25, -0.2) is 9.07 Å². The summed E-state index contributed by atoms with van der Waals surface area (Å²) in [4.78, 5) is 0. The molecule has 3 aromatic rings. The van der Waals surface area contributed by atoms with E-state index < -0.39 is 5.60 Å². The third-order valence-corrected chi connectivity index (χ3v) is 5.22. The predicted molar refractivity (Wildman–Crippen MR) is 100 cm³/mol. The summed E-state index contributed by atoms with van der Waals surface area (Å²) in [5.74, 6) is 0.560. The lowest BCUT2D eigenvalue weighted by atomic mass is 9.78. The van der Waals surface area contributed by atoms with Gasteiger partial charge in [0.25, 0.3) is 0 Å². The lowest BCUT2D eigenvalue weighted by molar-refractivity contribution is 0.0857. The number of fused-ring (bicyclic) bond motifs is 1. The fourth-order valence-electron chi connectivity index (χ4n) is 3.45. The van der Waals surface area contributed by atoms with Gasteiger partial charge in [-0.1, -0.05) is 36.9 Å². The summed E-state index contributed by atoms with van der Waals surface area (Å²) in [6.07, 6.45) is 2.59. The molecular weight excluding hydrogens is 327 g/mol. The van der Waals surface area contributed by atoms with E-state index in [0.717, 1.165) is 34.7 Å². The molecule has 0 fully saturated rings. The molecular formula is C22H21FN2O. The maximum atomic E-state index is 13.4. The van der Waals surface area contributed by atoms with Crippen LogP contribution in [0.1, 0.15) is 37.3 Å². The number of ether oxygens (including phenoxy) is 1. The van der Waals surface area contributed by atoms with Crippen molar-refractivity contribution >= 4 is 0 Å². The highest BCUT2D eigenvalue weighted by Crippen LogP contribution is 2.47. The molecule has 0 saturated carbocycles. The molecule has 4 rings (SSSR count). The molecule has 0 saturated heterocycles. The molecule has 0 aliphatic carbocycles. The van der Waals surface area contributed by atoms with Crippen molar-refractivity contribution in [2.45, 2.75) is 31.8 Å². The zero-order valence-corrected chi connectivity index (χ0v) is 14.9. The molecule has 2 atom stereocenters. The van der Waals surface area contributed by atoms with Gasteiger partial charge >= 0.3 is 0 Å². The molecule has 0 radical (unpaired) electrons. The Morgan fingerprint density at radius 2 is 1.88 bits per heavy atom. The van der Waals surface area contributed by atoms with E-state index in [2.05, 4.69) is 18.6 Å². The number of nitrogens with zero attached hydrogens (tertiary/aromatic N) is 2. The smallest absolute Gasteiger partial charge is 0.221 e. The van der Waals surface area contributed by atoms with Gasteiger partial charge in [0.05, 0.1) is 11.9 Å². The van der Waals surface area contributed by atoms with Gasteiger partial charge in [0.15, 0.2) is 0 Å². The summed E-state index contributed by atoms with van der Waals surface area (Å²) in [6, 6.07) is 16.6. The maximum absolute atomic E-state index is 13.4. The summed E-state index contributed by atoms with van der Waals surface area (Å²) in [5, 5.41) is 4.57. The summed E-state index contributed by atoms with van der Waals surface area (Å²) < 4.78 is 21.6. The van der Waals surface area contributed by atoms with Crippen LogP contribution in [0.15, 0.2) is 72.9 Å². The van der Waals surface area contributed by atoms with Crippen LogP contribution in [0.25, 0.3) is 5.69 Å². The molecule has 4 heteroatoms. The van der Waals surface area contributed by atoms with Gasteiger partial charge in [-0.15, -0.1) is 0 Å². The van der Waals surface area contributed by atoms with Crippen LogP contribution in [0.5, 0.6) is 5.88 Å². The Labute approximate surface area is 152 Å². The van der Waals surface area contributed by atoms with Crippen molar-refractivity contribution in [3.8, 4) is 11.6 Å². The van der Waals surface area contributed by atoms with E-state index in [0.29, 0.717) is 0 Å². The lowest BCUT2D eigenvalue weighted by Gasteiger charge is -2.39.